The van der Waals surface area contributed by atoms with Crippen molar-refractivity contribution in [2.75, 3.05) is 19.0 Å². The number of ether oxygens (including phenoxy) is 1. The van der Waals surface area contributed by atoms with Crippen molar-refractivity contribution in [2.24, 2.45) is 0 Å². The smallest absolute Gasteiger partial charge is 0.167 e. The Labute approximate surface area is 80.9 Å². The van der Waals surface area contributed by atoms with Crippen LogP contribution in [-0.4, -0.2) is 13.7 Å². The molecule has 0 bridgehead atoms. The Morgan fingerprint density at radius 2 is 2.14 bits per heavy atom. The largest absolute Gasteiger partial charge is 0.494 e. The molecule has 0 atom stereocenters. The lowest BCUT2D eigenvalue weighted by Gasteiger charge is -2.07. The van der Waals surface area contributed by atoms with Gasteiger partial charge in [0.1, 0.15) is 5.82 Å². The second-order valence-corrected chi connectivity index (χ2v) is 2.52. The zero-order chi connectivity index (χ0) is 10.6. The van der Waals surface area contributed by atoms with E-state index >= 15 is 0 Å². The van der Waals surface area contributed by atoms with Crippen LogP contribution in [0.25, 0.3) is 0 Å². The van der Waals surface area contributed by atoms with E-state index in [0.717, 1.165) is 12.1 Å². The molecule has 0 spiro atoms. The summed E-state index contributed by atoms with van der Waals surface area (Å²) in [5.74, 6) is 0.900. The van der Waals surface area contributed by atoms with Gasteiger partial charge in [-0.1, -0.05) is 5.92 Å². The summed E-state index contributed by atoms with van der Waals surface area (Å²) in [5.41, 5.74) is 0.0289. The van der Waals surface area contributed by atoms with Crippen molar-refractivity contribution in [3.8, 4) is 18.1 Å². The van der Waals surface area contributed by atoms with E-state index in [9.17, 15) is 8.78 Å². The van der Waals surface area contributed by atoms with Crippen LogP contribution in [0.15, 0.2) is 12.1 Å². The van der Waals surface area contributed by atoms with E-state index in [1.165, 1.54) is 7.11 Å². The number of halogens is 2. The normalized spacial score (nSPS) is 9.29. The van der Waals surface area contributed by atoms with Gasteiger partial charge in [0.15, 0.2) is 11.6 Å². The van der Waals surface area contributed by atoms with Gasteiger partial charge in [0.05, 0.1) is 19.3 Å². The van der Waals surface area contributed by atoms with Gasteiger partial charge in [0.25, 0.3) is 0 Å². The highest BCUT2D eigenvalue weighted by atomic mass is 19.1. The first-order valence-electron chi connectivity index (χ1n) is 3.89. The molecular formula is C10H9F2NO. The van der Waals surface area contributed by atoms with Gasteiger partial charge in [-0.3, -0.25) is 0 Å². The molecule has 0 saturated heterocycles. The van der Waals surface area contributed by atoms with Gasteiger partial charge in [-0.05, 0) is 0 Å². The monoisotopic (exact) mass is 197 g/mol. The van der Waals surface area contributed by atoms with Crippen molar-refractivity contribution < 1.29 is 13.5 Å². The highest BCUT2D eigenvalue weighted by molar-refractivity contribution is 5.49. The molecule has 0 fully saturated rings. The molecular weight excluding hydrogens is 188 g/mol. The first kappa shape index (κ1) is 10.3. The fraction of sp³-hybridized carbons (Fsp3) is 0.200. The first-order chi connectivity index (χ1) is 6.69. The van der Waals surface area contributed by atoms with Crippen molar-refractivity contribution in [1.29, 1.82) is 0 Å². The molecule has 0 aromatic heterocycles. The highest BCUT2D eigenvalue weighted by Gasteiger charge is 2.09. The summed E-state index contributed by atoms with van der Waals surface area (Å²) in [4.78, 5) is 0. The van der Waals surface area contributed by atoms with Crippen LogP contribution >= 0.6 is 0 Å². The van der Waals surface area contributed by atoms with Crippen molar-refractivity contribution in [3.05, 3.63) is 23.8 Å². The van der Waals surface area contributed by atoms with Gasteiger partial charge in [0.2, 0.25) is 0 Å². The Morgan fingerprint density at radius 3 is 2.71 bits per heavy atom. The van der Waals surface area contributed by atoms with Gasteiger partial charge < -0.3 is 10.1 Å². The summed E-state index contributed by atoms with van der Waals surface area (Å²) in [7, 11) is 1.27. The highest BCUT2D eigenvalue weighted by Crippen LogP contribution is 2.24. The third-order valence-corrected chi connectivity index (χ3v) is 1.62. The Kier molecular flexibility index (Phi) is 3.29. The molecule has 0 unspecified atom stereocenters. The molecule has 0 aliphatic heterocycles. The Bertz CT molecular complexity index is 371. The number of hydrogen-bond acceptors (Lipinski definition) is 2. The standard InChI is InChI=1S/C10H9F2NO/c1-3-4-13-9-5-8(12)10(14-2)6-7(9)11/h1,5-6,13H,4H2,2H3. The maximum atomic E-state index is 13.2. The number of anilines is 1. The molecule has 2 nitrogen and oxygen atoms in total. The number of terminal acetylenes is 1. The molecule has 0 saturated carbocycles. The van der Waals surface area contributed by atoms with Crippen molar-refractivity contribution in [3.63, 3.8) is 0 Å². The van der Waals surface area contributed by atoms with Crippen LogP contribution in [0.1, 0.15) is 0 Å². The van der Waals surface area contributed by atoms with E-state index in [-0.39, 0.29) is 18.0 Å². The predicted octanol–water partition coefficient (Wildman–Crippen LogP) is 2.02. The predicted molar refractivity (Wildman–Crippen MR) is 50.2 cm³/mol. The fourth-order valence-corrected chi connectivity index (χ4v) is 0.967. The molecule has 4 heteroatoms. The van der Waals surface area contributed by atoms with Crippen LogP contribution in [0.3, 0.4) is 0 Å². The maximum Gasteiger partial charge on any atom is 0.167 e. The van der Waals surface area contributed by atoms with E-state index < -0.39 is 11.6 Å². The number of benzene rings is 1. The summed E-state index contributed by atoms with van der Waals surface area (Å²) in [5, 5.41) is 2.55. The molecule has 1 rings (SSSR count). The Balaban J connectivity index is 2.97. The summed E-state index contributed by atoms with van der Waals surface area (Å²) in [6, 6.07) is 1.97. The Hall–Kier alpha value is -1.76. The van der Waals surface area contributed by atoms with Crippen LogP contribution in [0, 0.1) is 24.0 Å². The lowest BCUT2D eigenvalue weighted by atomic mass is 10.2. The van der Waals surface area contributed by atoms with Crippen LogP contribution in [0.2, 0.25) is 0 Å². The lowest BCUT2D eigenvalue weighted by Crippen LogP contribution is -2.02. The Morgan fingerprint density at radius 1 is 1.43 bits per heavy atom. The van der Waals surface area contributed by atoms with Crippen molar-refractivity contribution >= 4 is 5.69 Å². The minimum Gasteiger partial charge on any atom is -0.494 e. The minimum absolute atomic E-state index is 0.0289. The molecule has 14 heavy (non-hydrogen) atoms. The lowest BCUT2D eigenvalue weighted by molar-refractivity contribution is 0.383. The quantitative estimate of drug-likeness (QED) is 0.748. The second-order valence-electron chi connectivity index (χ2n) is 2.52. The second kappa shape index (κ2) is 4.47. The van der Waals surface area contributed by atoms with E-state index in [1.807, 2.05) is 0 Å². The molecule has 1 aromatic carbocycles. The number of methoxy groups -OCH3 is 1. The maximum absolute atomic E-state index is 13.2. The summed E-state index contributed by atoms with van der Waals surface area (Å²) in [6.07, 6.45) is 4.97. The molecule has 0 aliphatic carbocycles. The summed E-state index contributed by atoms with van der Waals surface area (Å²) in [6.45, 7) is 0.142. The van der Waals surface area contributed by atoms with Crippen LogP contribution in [-0.2, 0) is 0 Å². The van der Waals surface area contributed by atoms with E-state index in [1.54, 1.807) is 0 Å². The molecule has 0 amide bonds. The van der Waals surface area contributed by atoms with E-state index in [0.29, 0.717) is 0 Å². The van der Waals surface area contributed by atoms with Crippen molar-refractivity contribution in [2.45, 2.75) is 0 Å². The van der Waals surface area contributed by atoms with Gasteiger partial charge >= 0.3 is 0 Å². The van der Waals surface area contributed by atoms with Crippen molar-refractivity contribution in [1.82, 2.24) is 0 Å². The summed E-state index contributed by atoms with van der Waals surface area (Å²) < 4.78 is 30.8. The fourth-order valence-electron chi connectivity index (χ4n) is 0.967. The molecule has 0 radical (unpaired) electrons. The topological polar surface area (TPSA) is 21.3 Å². The van der Waals surface area contributed by atoms with Gasteiger partial charge in [0, 0.05) is 12.1 Å². The third-order valence-electron chi connectivity index (χ3n) is 1.62. The molecule has 1 aromatic rings. The first-order valence-corrected chi connectivity index (χ1v) is 3.89. The number of nitrogens with one attached hydrogen (secondary N) is 1. The van der Waals surface area contributed by atoms with E-state index in [2.05, 4.69) is 16.0 Å². The van der Waals surface area contributed by atoms with Crippen LogP contribution in [0.5, 0.6) is 5.75 Å². The van der Waals surface area contributed by atoms with E-state index in [4.69, 9.17) is 6.42 Å². The summed E-state index contributed by atoms with van der Waals surface area (Å²) >= 11 is 0. The molecule has 74 valence electrons. The molecule has 0 heterocycles. The third kappa shape index (κ3) is 2.13. The van der Waals surface area contributed by atoms with Gasteiger partial charge in [-0.2, -0.15) is 0 Å². The molecule has 1 N–H and O–H groups in total. The minimum atomic E-state index is -0.631. The zero-order valence-electron chi connectivity index (χ0n) is 7.60. The molecule has 0 aliphatic rings. The number of rotatable bonds is 3. The van der Waals surface area contributed by atoms with Crippen LogP contribution < -0.4 is 10.1 Å². The van der Waals surface area contributed by atoms with Crippen LogP contribution in [0.4, 0.5) is 14.5 Å². The van der Waals surface area contributed by atoms with Gasteiger partial charge in [-0.15, -0.1) is 6.42 Å². The average molecular weight is 197 g/mol. The zero-order valence-corrected chi connectivity index (χ0v) is 7.60. The average Bonchev–Trinajstić information content (AvgIpc) is 2.18. The SMILES string of the molecule is C#CCNc1cc(F)c(OC)cc1F. The number of hydrogen-bond donors (Lipinski definition) is 1. The van der Waals surface area contributed by atoms with Gasteiger partial charge in [-0.25, -0.2) is 8.78 Å².